The van der Waals surface area contributed by atoms with Gasteiger partial charge in [-0.25, -0.2) is 26.3 Å². The fourth-order valence-electron chi connectivity index (χ4n) is 1.45. The summed E-state index contributed by atoms with van der Waals surface area (Å²) in [6.07, 6.45) is 1.04. The number of halogens is 1. The molecule has 0 aromatic carbocycles. The number of nitrogens with two attached hydrogens (primary N) is 1. The van der Waals surface area contributed by atoms with E-state index in [9.17, 15) is 16.8 Å². The zero-order chi connectivity index (χ0) is 15.9. The van der Waals surface area contributed by atoms with E-state index in [1.165, 1.54) is 6.07 Å². The molecule has 0 unspecified atom stereocenters. The third-order valence-electron chi connectivity index (χ3n) is 2.65. The highest BCUT2D eigenvalue weighted by Gasteiger charge is 2.16. The van der Waals surface area contributed by atoms with Gasteiger partial charge in [-0.2, -0.15) is 0 Å². The van der Waals surface area contributed by atoms with E-state index < -0.39 is 20.0 Å². The highest BCUT2D eigenvalue weighted by molar-refractivity contribution is 7.91. The molecular weight excluding hydrogens is 370 g/mol. The standard InChI is InChI=1S/C11H21N3O4S3.ClH/c1-2-20(15,16)13-9-6-10-4-5-11(19-10)21(17,18)14-8-3-7-12;/h4-5,13-14H,2-3,6-9,12H2,1H3;1H. The molecule has 0 spiro atoms. The SMILES string of the molecule is CCS(=O)(=O)NCCc1ccc(S(=O)(=O)NCCCN)s1.Cl. The monoisotopic (exact) mass is 391 g/mol. The Balaban J connectivity index is 0.00000441. The van der Waals surface area contributed by atoms with Gasteiger partial charge in [-0.3, -0.25) is 0 Å². The molecule has 1 rings (SSSR count). The molecule has 0 saturated heterocycles. The first kappa shape index (κ1) is 21.8. The molecule has 0 aliphatic rings. The van der Waals surface area contributed by atoms with Crippen molar-refractivity contribution in [2.45, 2.75) is 24.0 Å². The molecule has 0 aliphatic heterocycles. The molecule has 0 aliphatic carbocycles. The fourth-order valence-corrected chi connectivity index (χ4v) is 4.54. The maximum Gasteiger partial charge on any atom is 0.250 e. The maximum atomic E-state index is 11.9. The molecule has 1 aromatic heterocycles. The zero-order valence-electron chi connectivity index (χ0n) is 12.2. The molecule has 4 N–H and O–H groups in total. The summed E-state index contributed by atoms with van der Waals surface area (Å²) in [7, 11) is -6.71. The van der Waals surface area contributed by atoms with E-state index in [2.05, 4.69) is 9.44 Å². The van der Waals surface area contributed by atoms with E-state index in [1.54, 1.807) is 13.0 Å². The summed E-state index contributed by atoms with van der Waals surface area (Å²) in [5, 5.41) is 0. The van der Waals surface area contributed by atoms with Crippen LogP contribution in [0.1, 0.15) is 18.2 Å². The molecule has 0 amide bonds. The van der Waals surface area contributed by atoms with E-state index >= 15 is 0 Å². The zero-order valence-corrected chi connectivity index (χ0v) is 15.5. The van der Waals surface area contributed by atoms with Crippen LogP contribution >= 0.6 is 23.7 Å². The molecule has 1 aromatic rings. The molecule has 1 heterocycles. The van der Waals surface area contributed by atoms with Gasteiger partial charge in [0.15, 0.2) is 0 Å². The van der Waals surface area contributed by atoms with Crippen molar-refractivity contribution >= 4 is 43.8 Å². The predicted molar refractivity (Wildman–Crippen MR) is 91.6 cm³/mol. The Kier molecular flexibility index (Phi) is 9.71. The largest absolute Gasteiger partial charge is 0.330 e. The molecule has 11 heteroatoms. The summed E-state index contributed by atoms with van der Waals surface area (Å²) >= 11 is 1.14. The van der Waals surface area contributed by atoms with Crippen LogP contribution in [0.2, 0.25) is 0 Å². The van der Waals surface area contributed by atoms with Crippen LogP contribution in [0, 0.1) is 0 Å². The number of hydrogen-bond acceptors (Lipinski definition) is 6. The smallest absolute Gasteiger partial charge is 0.250 e. The number of rotatable bonds is 10. The Labute approximate surface area is 142 Å². The van der Waals surface area contributed by atoms with Gasteiger partial charge < -0.3 is 5.73 Å². The van der Waals surface area contributed by atoms with Crippen LogP contribution < -0.4 is 15.2 Å². The lowest BCUT2D eigenvalue weighted by Crippen LogP contribution is -2.27. The molecule has 7 nitrogen and oxygen atoms in total. The summed E-state index contributed by atoms with van der Waals surface area (Å²) in [5.74, 6) is 0.0299. The van der Waals surface area contributed by atoms with Crippen LogP contribution in [0.15, 0.2) is 16.3 Å². The Morgan fingerprint density at radius 3 is 2.41 bits per heavy atom. The van der Waals surface area contributed by atoms with Gasteiger partial charge in [0.25, 0.3) is 0 Å². The molecular formula is C11H22ClN3O4S3. The van der Waals surface area contributed by atoms with Crippen molar-refractivity contribution in [2.75, 3.05) is 25.4 Å². The van der Waals surface area contributed by atoms with Gasteiger partial charge in [0.05, 0.1) is 5.75 Å². The van der Waals surface area contributed by atoms with Crippen LogP contribution in [0.25, 0.3) is 0 Å². The van der Waals surface area contributed by atoms with Crippen molar-refractivity contribution in [3.05, 3.63) is 17.0 Å². The number of sulfonamides is 2. The van der Waals surface area contributed by atoms with Crippen LogP contribution in [0.4, 0.5) is 0 Å². The third kappa shape index (κ3) is 7.36. The molecule has 0 radical (unpaired) electrons. The number of thiophene rings is 1. The average molecular weight is 392 g/mol. The van der Waals surface area contributed by atoms with Gasteiger partial charge >= 0.3 is 0 Å². The Bertz CT molecular complexity index is 643. The Hall–Kier alpha value is -0.230. The predicted octanol–water partition coefficient (Wildman–Crippen LogP) is 0.279. The van der Waals surface area contributed by atoms with Gasteiger partial charge in [0.2, 0.25) is 20.0 Å². The van der Waals surface area contributed by atoms with Gasteiger partial charge in [0, 0.05) is 18.0 Å². The molecule has 0 saturated carbocycles. The lowest BCUT2D eigenvalue weighted by atomic mass is 10.3. The molecule has 0 fully saturated rings. The first-order valence-electron chi connectivity index (χ1n) is 6.56. The summed E-state index contributed by atoms with van der Waals surface area (Å²) in [6.45, 7) is 2.56. The Morgan fingerprint density at radius 1 is 1.14 bits per heavy atom. The summed E-state index contributed by atoms with van der Waals surface area (Å²) < 4.78 is 51.6. The average Bonchev–Trinajstić information content (AvgIpc) is 2.88. The topological polar surface area (TPSA) is 118 Å². The van der Waals surface area contributed by atoms with Crippen LogP contribution in [-0.2, 0) is 26.5 Å². The summed E-state index contributed by atoms with van der Waals surface area (Å²) in [5.41, 5.74) is 5.31. The van der Waals surface area contributed by atoms with Gasteiger partial charge in [0.1, 0.15) is 4.21 Å². The minimum atomic E-state index is -3.50. The molecule has 130 valence electrons. The minimum absolute atomic E-state index is 0. The normalized spacial score (nSPS) is 12.1. The highest BCUT2D eigenvalue weighted by atomic mass is 35.5. The van der Waals surface area contributed by atoms with Crippen LogP contribution in [-0.4, -0.2) is 42.2 Å². The first-order chi connectivity index (χ1) is 9.80. The van der Waals surface area contributed by atoms with Crippen molar-refractivity contribution in [3.8, 4) is 0 Å². The van der Waals surface area contributed by atoms with E-state index in [1.807, 2.05) is 0 Å². The van der Waals surface area contributed by atoms with Crippen molar-refractivity contribution in [1.29, 1.82) is 0 Å². The molecule has 22 heavy (non-hydrogen) atoms. The summed E-state index contributed by atoms with van der Waals surface area (Å²) in [4.78, 5) is 0.813. The lowest BCUT2D eigenvalue weighted by molar-refractivity contribution is 0.580. The maximum absolute atomic E-state index is 11.9. The van der Waals surface area contributed by atoms with Crippen molar-refractivity contribution in [2.24, 2.45) is 5.73 Å². The second-order valence-electron chi connectivity index (χ2n) is 4.31. The number of nitrogens with one attached hydrogen (secondary N) is 2. The minimum Gasteiger partial charge on any atom is -0.330 e. The molecule has 0 bridgehead atoms. The second kappa shape index (κ2) is 9.81. The van der Waals surface area contributed by atoms with Crippen molar-refractivity contribution in [1.82, 2.24) is 9.44 Å². The lowest BCUT2D eigenvalue weighted by Gasteiger charge is -2.03. The van der Waals surface area contributed by atoms with E-state index in [0.29, 0.717) is 25.9 Å². The van der Waals surface area contributed by atoms with Crippen LogP contribution in [0.3, 0.4) is 0 Å². The van der Waals surface area contributed by atoms with Gasteiger partial charge in [-0.15, -0.1) is 23.7 Å². The van der Waals surface area contributed by atoms with Gasteiger partial charge in [-0.1, -0.05) is 0 Å². The fraction of sp³-hybridized carbons (Fsp3) is 0.636. The quantitative estimate of drug-likeness (QED) is 0.495. The first-order valence-corrected chi connectivity index (χ1v) is 10.5. The Morgan fingerprint density at radius 2 is 1.82 bits per heavy atom. The summed E-state index contributed by atoms with van der Waals surface area (Å²) in [6, 6.07) is 3.22. The van der Waals surface area contributed by atoms with Crippen molar-refractivity contribution in [3.63, 3.8) is 0 Å². The van der Waals surface area contributed by atoms with Crippen LogP contribution in [0.5, 0.6) is 0 Å². The van der Waals surface area contributed by atoms with E-state index in [-0.39, 0.29) is 28.9 Å². The van der Waals surface area contributed by atoms with E-state index in [0.717, 1.165) is 16.2 Å². The van der Waals surface area contributed by atoms with E-state index in [4.69, 9.17) is 5.73 Å². The van der Waals surface area contributed by atoms with Gasteiger partial charge in [-0.05, 0) is 38.4 Å². The molecule has 0 atom stereocenters. The second-order valence-corrected chi connectivity index (χ2v) is 9.57. The number of hydrogen-bond donors (Lipinski definition) is 3. The van der Waals surface area contributed by atoms with Crippen molar-refractivity contribution < 1.29 is 16.8 Å². The highest BCUT2D eigenvalue weighted by Crippen LogP contribution is 2.21. The third-order valence-corrected chi connectivity index (χ3v) is 7.15.